The quantitative estimate of drug-likeness (QED) is 0.531. The van der Waals surface area contributed by atoms with Crippen molar-refractivity contribution in [1.29, 1.82) is 0 Å². The molecule has 1 N–H and O–H groups in total. The number of rotatable bonds is 7. The van der Waals surface area contributed by atoms with E-state index in [1.165, 1.54) is 13.3 Å². The number of ether oxygens (including phenoxy) is 3. The Morgan fingerprint density at radius 1 is 1.35 bits per heavy atom. The number of amides is 1. The second-order valence-corrected chi connectivity index (χ2v) is 8.78. The Hall–Kier alpha value is -2.82. The summed E-state index contributed by atoms with van der Waals surface area (Å²) in [5.41, 5.74) is 2.18. The summed E-state index contributed by atoms with van der Waals surface area (Å²) in [6.45, 7) is 5.65. The molecule has 31 heavy (non-hydrogen) atoms. The lowest BCUT2D eigenvalue weighted by atomic mass is 9.90. The number of aryl methyl sites for hydroxylation is 1. The number of hydrogen-bond donors (Lipinski definition) is 1. The van der Waals surface area contributed by atoms with Gasteiger partial charge in [-0.3, -0.25) is 15.1 Å². The highest BCUT2D eigenvalue weighted by atomic mass is 35.5. The maximum Gasteiger partial charge on any atom is 0.295 e. The lowest BCUT2D eigenvalue weighted by Crippen LogP contribution is -2.44. The number of carbonyl (C=O) groups excluding carboxylic acids is 1. The molecule has 4 heterocycles. The van der Waals surface area contributed by atoms with Gasteiger partial charge in [0, 0.05) is 23.4 Å². The summed E-state index contributed by atoms with van der Waals surface area (Å²) < 4.78 is 16.5. The normalized spacial score (nSPS) is 14.6. The number of halogens is 1. The molecule has 3 aromatic rings. The van der Waals surface area contributed by atoms with Gasteiger partial charge in [0.2, 0.25) is 5.13 Å². The van der Waals surface area contributed by atoms with Gasteiger partial charge in [0.1, 0.15) is 17.5 Å². The molecule has 0 saturated carbocycles. The largest absolute Gasteiger partial charge is 0.494 e. The van der Waals surface area contributed by atoms with Gasteiger partial charge in [0.15, 0.2) is 0 Å². The van der Waals surface area contributed by atoms with Crippen molar-refractivity contribution in [2.24, 2.45) is 5.41 Å². The SMILES string of the molecule is COc1c(C)ncc(C(=O)Nc2nnc(OCC3(C)COC3)s2)c1-c1ccnc(Cl)c1. The van der Waals surface area contributed by atoms with Gasteiger partial charge in [-0.1, -0.05) is 23.6 Å². The van der Waals surface area contributed by atoms with Crippen LogP contribution in [0.5, 0.6) is 10.9 Å². The van der Waals surface area contributed by atoms with E-state index >= 15 is 0 Å². The number of aromatic nitrogens is 4. The number of hydrogen-bond acceptors (Lipinski definition) is 9. The molecule has 1 aliphatic rings. The molecule has 0 spiro atoms. The van der Waals surface area contributed by atoms with Crippen LogP contribution in [0.3, 0.4) is 0 Å². The third kappa shape index (κ3) is 4.60. The molecule has 162 valence electrons. The van der Waals surface area contributed by atoms with Crippen LogP contribution >= 0.6 is 22.9 Å². The smallest absolute Gasteiger partial charge is 0.295 e. The van der Waals surface area contributed by atoms with Crippen LogP contribution in [0.15, 0.2) is 24.5 Å². The van der Waals surface area contributed by atoms with Gasteiger partial charge in [0.05, 0.1) is 31.6 Å². The van der Waals surface area contributed by atoms with E-state index in [0.29, 0.717) is 63.4 Å². The fraction of sp³-hybridized carbons (Fsp3) is 0.350. The van der Waals surface area contributed by atoms with Crippen LogP contribution in [0.25, 0.3) is 11.1 Å². The second kappa shape index (κ2) is 8.74. The van der Waals surface area contributed by atoms with Crippen molar-refractivity contribution < 1.29 is 19.0 Å². The van der Waals surface area contributed by atoms with Gasteiger partial charge in [-0.05, 0) is 36.0 Å². The van der Waals surface area contributed by atoms with Crippen LogP contribution < -0.4 is 14.8 Å². The van der Waals surface area contributed by atoms with Crippen LogP contribution in [0, 0.1) is 12.3 Å². The molecule has 0 unspecified atom stereocenters. The molecule has 0 atom stereocenters. The molecule has 3 aromatic heterocycles. The Bertz CT molecular complexity index is 1120. The Morgan fingerprint density at radius 2 is 2.16 bits per heavy atom. The molecule has 1 saturated heterocycles. The molecule has 1 aliphatic heterocycles. The topological polar surface area (TPSA) is 108 Å². The molecule has 11 heteroatoms. The summed E-state index contributed by atoms with van der Waals surface area (Å²) in [4.78, 5) is 21.4. The highest BCUT2D eigenvalue weighted by Crippen LogP contribution is 2.36. The first-order valence-electron chi connectivity index (χ1n) is 9.39. The molecule has 4 rings (SSSR count). The van der Waals surface area contributed by atoms with Gasteiger partial charge < -0.3 is 14.2 Å². The van der Waals surface area contributed by atoms with Crippen molar-refractivity contribution in [2.45, 2.75) is 13.8 Å². The fourth-order valence-corrected chi connectivity index (χ4v) is 3.87. The number of carbonyl (C=O) groups is 1. The Balaban J connectivity index is 1.57. The number of nitrogens with one attached hydrogen (secondary N) is 1. The number of nitrogens with zero attached hydrogens (tertiary/aromatic N) is 4. The van der Waals surface area contributed by atoms with Gasteiger partial charge in [-0.15, -0.1) is 5.10 Å². The standard InChI is InChI=1S/C20H20ClN5O4S/c1-11-16(28-3)15(12-4-5-22-14(21)6-12)13(7-23-11)17(27)24-18-25-26-19(31-18)30-10-20(2)8-29-9-20/h4-7H,8-10H2,1-3H3,(H,24,25,27). The zero-order valence-electron chi connectivity index (χ0n) is 17.1. The lowest BCUT2D eigenvalue weighted by molar-refractivity contribution is -0.120. The third-order valence-corrected chi connectivity index (χ3v) is 5.71. The van der Waals surface area contributed by atoms with Crippen LogP contribution in [0.2, 0.25) is 5.15 Å². The van der Waals surface area contributed by atoms with E-state index in [1.54, 1.807) is 25.3 Å². The van der Waals surface area contributed by atoms with Crippen molar-refractivity contribution in [2.75, 3.05) is 32.2 Å². The zero-order valence-corrected chi connectivity index (χ0v) is 18.7. The molecule has 9 nitrogen and oxygen atoms in total. The second-order valence-electron chi connectivity index (χ2n) is 7.45. The molecule has 1 fully saturated rings. The fourth-order valence-electron chi connectivity index (χ4n) is 3.11. The molecule has 0 radical (unpaired) electrons. The lowest BCUT2D eigenvalue weighted by Gasteiger charge is -2.36. The molecular weight excluding hydrogens is 442 g/mol. The van der Waals surface area contributed by atoms with E-state index < -0.39 is 5.91 Å². The van der Waals surface area contributed by atoms with Gasteiger partial charge in [-0.2, -0.15) is 0 Å². The predicted octanol–water partition coefficient (Wildman–Crippen LogP) is 3.63. The minimum absolute atomic E-state index is 0.0140. The maximum absolute atomic E-state index is 13.1. The number of pyridine rings is 2. The minimum atomic E-state index is -0.407. The monoisotopic (exact) mass is 461 g/mol. The van der Waals surface area contributed by atoms with E-state index in [0.717, 1.165) is 11.3 Å². The average molecular weight is 462 g/mol. The van der Waals surface area contributed by atoms with E-state index in [9.17, 15) is 4.79 Å². The van der Waals surface area contributed by atoms with Crippen molar-refractivity contribution in [1.82, 2.24) is 20.2 Å². The summed E-state index contributed by atoms with van der Waals surface area (Å²) >= 11 is 7.21. The summed E-state index contributed by atoms with van der Waals surface area (Å²) in [5.74, 6) is 0.0722. The van der Waals surface area contributed by atoms with Gasteiger partial charge in [-0.25, -0.2) is 4.98 Å². The van der Waals surface area contributed by atoms with E-state index in [2.05, 4.69) is 32.4 Å². The maximum atomic E-state index is 13.1. The molecule has 0 aliphatic carbocycles. The van der Waals surface area contributed by atoms with Crippen molar-refractivity contribution >= 4 is 34.0 Å². The van der Waals surface area contributed by atoms with Crippen molar-refractivity contribution in [3.8, 4) is 22.1 Å². The summed E-state index contributed by atoms with van der Waals surface area (Å²) in [5, 5.41) is 11.7. The van der Waals surface area contributed by atoms with E-state index in [1.807, 2.05) is 0 Å². The Kier molecular flexibility index (Phi) is 6.03. The van der Waals surface area contributed by atoms with Crippen molar-refractivity contribution in [3.05, 3.63) is 40.9 Å². The van der Waals surface area contributed by atoms with Gasteiger partial charge >= 0.3 is 0 Å². The third-order valence-electron chi connectivity index (χ3n) is 4.75. The highest BCUT2D eigenvalue weighted by Gasteiger charge is 2.34. The van der Waals surface area contributed by atoms with Crippen LogP contribution in [-0.2, 0) is 4.74 Å². The zero-order chi connectivity index (χ0) is 22.0. The first kappa shape index (κ1) is 21.4. The first-order valence-corrected chi connectivity index (χ1v) is 10.6. The minimum Gasteiger partial charge on any atom is -0.494 e. The first-order chi connectivity index (χ1) is 14.9. The molecule has 0 aromatic carbocycles. The predicted molar refractivity (Wildman–Crippen MR) is 116 cm³/mol. The van der Waals surface area contributed by atoms with Crippen molar-refractivity contribution in [3.63, 3.8) is 0 Å². The van der Waals surface area contributed by atoms with Crippen LogP contribution in [0.1, 0.15) is 23.0 Å². The molecule has 0 bridgehead atoms. The van der Waals surface area contributed by atoms with Gasteiger partial charge in [0.25, 0.3) is 11.1 Å². The average Bonchev–Trinajstić information content (AvgIpc) is 3.17. The summed E-state index contributed by atoms with van der Waals surface area (Å²) in [6.07, 6.45) is 3.06. The molecule has 1 amide bonds. The Labute approximate surface area is 187 Å². The Morgan fingerprint density at radius 3 is 2.84 bits per heavy atom. The highest BCUT2D eigenvalue weighted by molar-refractivity contribution is 7.17. The van der Waals surface area contributed by atoms with Crippen LogP contribution in [-0.4, -0.2) is 53.0 Å². The van der Waals surface area contributed by atoms with E-state index in [4.69, 9.17) is 25.8 Å². The van der Waals surface area contributed by atoms with Crippen LogP contribution in [0.4, 0.5) is 5.13 Å². The van der Waals surface area contributed by atoms with E-state index in [-0.39, 0.29) is 5.41 Å². The number of anilines is 1. The summed E-state index contributed by atoms with van der Waals surface area (Å²) in [6, 6.07) is 3.42. The number of methoxy groups -OCH3 is 1. The molecular formula is C20H20ClN5O4S. The summed E-state index contributed by atoms with van der Waals surface area (Å²) in [7, 11) is 1.53.